The number of morpholine rings is 1. The number of ether oxygens (including phenoxy) is 2. The maximum atomic E-state index is 13.2. The monoisotopic (exact) mass is 413 g/mol. The number of hydrogen-bond donors (Lipinski definition) is 0. The molecule has 6 nitrogen and oxygen atoms in total. The van der Waals surface area contributed by atoms with Crippen LogP contribution in [0.1, 0.15) is 23.6 Å². The van der Waals surface area contributed by atoms with Crippen LogP contribution in [0.4, 0.5) is 0 Å². The van der Waals surface area contributed by atoms with E-state index in [9.17, 15) is 4.79 Å². The largest absolute Gasteiger partial charge is 0.497 e. The average molecular weight is 414 g/mol. The number of halogens is 1. The number of nitrogens with zero attached hydrogens (tertiary/aromatic N) is 3. The van der Waals surface area contributed by atoms with Gasteiger partial charge in [-0.15, -0.1) is 0 Å². The van der Waals surface area contributed by atoms with Gasteiger partial charge in [0.15, 0.2) is 0 Å². The van der Waals surface area contributed by atoms with E-state index in [4.69, 9.17) is 26.2 Å². The Kier molecular flexibility index (Phi) is 6.13. The highest BCUT2D eigenvalue weighted by Crippen LogP contribution is 2.35. The van der Waals surface area contributed by atoms with Crippen LogP contribution < -0.4 is 4.74 Å². The van der Waals surface area contributed by atoms with Crippen molar-refractivity contribution in [1.29, 1.82) is 0 Å². The van der Waals surface area contributed by atoms with Gasteiger partial charge in [0.25, 0.3) is 5.91 Å². The summed E-state index contributed by atoms with van der Waals surface area (Å²) in [5.74, 6) is 0.764. The molecule has 2 aromatic rings. The van der Waals surface area contributed by atoms with Gasteiger partial charge in [0, 0.05) is 30.1 Å². The van der Waals surface area contributed by atoms with Gasteiger partial charge < -0.3 is 9.47 Å². The summed E-state index contributed by atoms with van der Waals surface area (Å²) < 4.78 is 10.7. The second-order valence-corrected chi connectivity index (χ2v) is 7.55. The highest BCUT2D eigenvalue weighted by molar-refractivity contribution is 6.34. The lowest BCUT2D eigenvalue weighted by molar-refractivity contribution is -0.135. The molecule has 2 heterocycles. The van der Waals surface area contributed by atoms with Gasteiger partial charge in [-0.05, 0) is 23.8 Å². The van der Waals surface area contributed by atoms with E-state index in [1.54, 1.807) is 12.1 Å². The number of carbonyl (C=O) groups excluding carboxylic acids is 1. The van der Waals surface area contributed by atoms with Gasteiger partial charge in [-0.3, -0.25) is 9.69 Å². The third-order valence-electron chi connectivity index (χ3n) is 5.31. The van der Waals surface area contributed by atoms with Crippen LogP contribution in [0, 0.1) is 0 Å². The van der Waals surface area contributed by atoms with Crippen LogP contribution in [-0.2, 0) is 9.53 Å². The Bertz CT molecular complexity index is 894. The maximum absolute atomic E-state index is 13.2. The van der Waals surface area contributed by atoms with Crippen molar-refractivity contribution in [3.63, 3.8) is 0 Å². The number of hydrogen-bond acceptors (Lipinski definition) is 5. The van der Waals surface area contributed by atoms with Crippen molar-refractivity contribution < 1.29 is 14.3 Å². The second-order valence-electron chi connectivity index (χ2n) is 7.15. The van der Waals surface area contributed by atoms with Crippen molar-refractivity contribution in [2.24, 2.45) is 5.10 Å². The van der Waals surface area contributed by atoms with Gasteiger partial charge in [-0.25, -0.2) is 5.01 Å². The Morgan fingerprint density at radius 2 is 1.90 bits per heavy atom. The van der Waals surface area contributed by atoms with E-state index in [0.29, 0.717) is 31.2 Å². The normalized spacial score (nSPS) is 19.9. The van der Waals surface area contributed by atoms with E-state index in [-0.39, 0.29) is 11.9 Å². The molecule has 2 aromatic carbocycles. The lowest BCUT2D eigenvalue weighted by atomic mass is 9.98. The molecule has 1 fully saturated rings. The van der Waals surface area contributed by atoms with Crippen LogP contribution in [0.15, 0.2) is 53.6 Å². The number of rotatable bonds is 5. The minimum atomic E-state index is -0.166. The van der Waals surface area contributed by atoms with E-state index >= 15 is 0 Å². The fourth-order valence-electron chi connectivity index (χ4n) is 3.71. The molecule has 1 atom stereocenters. The first-order valence-corrected chi connectivity index (χ1v) is 10.1. The summed E-state index contributed by atoms with van der Waals surface area (Å²) in [5, 5.41) is 6.97. The Hall–Kier alpha value is -2.41. The molecule has 152 valence electrons. The Balaban J connectivity index is 1.61. The molecule has 0 unspecified atom stereocenters. The smallest absolute Gasteiger partial charge is 0.257 e. The Morgan fingerprint density at radius 3 is 2.59 bits per heavy atom. The van der Waals surface area contributed by atoms with Crippen LogP contribution in [0.25, 0.3) is 0 Å². The molecule has 2 aliphatic heterocycles. The van der Waals surface area contributed by atoms with Crippen LogP contribution in [-0.4, -0.2) is 61.5 Å². The molecule has 0 radical (unpaired) electrons. The molecule has 1 saturated heterocycles. The highest BCUT2D eigenvalue weighted by Gasteiger charge is 2.34. The molecule has 4 rings (SSSR count). The molecule has 0 aromatic heterocycles. The zero-order chi connectivity index (χ0) is 20.2. The van der Waals surface area contributed by atoms with Crippen LogP contribution in [0.3, 0.4) is 0 Å². The molecule has 2 aliphatic rings. The first-order valence-electron chi connectivity index (χ1n) is 9.74. The van der Waals surface area contributed by atoms with E-state index < -0.39 is 0 Å². The number of methoxy groups -OCH3 is 1. The first-order chi connectivity index (χ1) is 14.2. The van der Waals surface area contributed by atoms with Gasteiger partial charge in [0.05, 0.1) is 38.6 Å². The number of benzene rings is 2. The summed E-state index contributed by atoms with van der Waals surface area (Å²) in [6.45, 7) is 3.16. The topological polar surface area (TPSA) is 54.4 Å². The van der Waals surface area contributed by atoms with Crippen LogP contribution >= 0.6 is 11.6 Å². The zero-order valence-electron chi connectivity index (χ0n) is 16.4. The van der Waals surface area contributed by atoms with E-state index in [0.717, 1.165) is 35.7 Å². The van der Waals surface area contributed by atoms with Gasteiger partial charge in [-0.1, -0.05) is 41.9 Å². The van der Waals surface area contributed by atoms with Gasteiger partial charge in [0.2, 0.25) is 0 Å². The first kappa shape index (κ1) is 19.9. The summed E-state index contributed by atoms with van der Waals surface area (Å²) in [6.07, 6.45) is 0.616. The summed E-state index contributed by atoms with van der Waals surface area (Å²) >= 11 is 6.40. The quantitative estimate of drug-likeness (QED) is 0.754. The van der Waals surface area contributed by atoms with Crippen molar-refractivity contribution in [2.75, 3.05) is 40.0 Å². The number of hydrazone groups is 1. The second kappa shape index (κ2) is 8.95. The molecular formula is C22H24ClN3O3. The van der Waals surface area contributed by atoms with Crippen molar-refractivity contribution in [1.82, 2.24) is 9.91 Å². The zero-order valence-corrected chi connectivity index (χ0v) is 17.1. The lowest BCUT2D eigenvalue weighted by Crippen LogP contribution is -2.43. The predicted molar refractivity (Wildman–Crippen MR) is 112 cm³/mol. The summed E-state index contributed by atoms with van der Waals surface area (Å²) in [4.78, 5) is 15.3. The minimum Gasteiger partial charge on any atom is -0.497 e. The molecule has 0 N–H and O–H groups in total. The molecule has 0 bridgehead atoms. The Labute approximate surface area is 175 Å². The fourth-order valence-corrected chi connectivity index (χ4v) is 3.95. The maximum Gasteiger partial charge on any atom is 0.257 e. The minimum absolute atomic E-state index is 0.0187. The predicted octanol–water partition coefficient (Wildman–Crippen LogP) is 3.36. The SMILES string of the molecule is COc1ccc([C@H]2CC(c3ccccc3Cl)=NN2C(=O)CN2CCOCC2)cc1. The highest BCUT2D eigenvalue weighted by atomic mass is 35.5. The van der Waals surface area contributed by atoms with Crippen molar-refractivity contribution in [3.05, 3.63) is 64.7 Å². The van der Waals surface area contributed by atoms with Crippen molar-refractivity contribution >= 4 is 23.2 Å². The van der Waals surface area contributed by atoms with E-state index in [1.807, 2.05) is 48.5 Å². The lowest BCUT2D eigenvalue weighted by Gasteiger charge is -2.29. The van der Waals surface area contributed by atoms with E-state index in [1.165, 1.54) is 0 Å². The fraction of sp³-hybridized carbons (Fsp3) is 0.364. The van der Waals surface area contributed by atoms with Crippen LogP contribution in [0.5, 0.6) is 5.75 Å². The number of carbonyl (C=O) groups is 1. The van der Waals surface area contributed by atoms with Gasteiger partial charge in [0.1, 0.15) is 5.75 Å². The van der Waals surface area contributed by atoms with Crippen molar-refractivity contribution in [2.45, 2.75) is 12.5 Å². The Morgan fingerprint density at radius 1 is 1.17 bits per heavy atom. The van der Waals surface area contributed by atoms with Gasteiger partial charge in [-0.2, -0.15) is 5.10 Å². The molecular weight excluding hydrogens is 390 g/mol. The molecule has 7 heteroatoms. The molecule has 0 aliphatic carbocycles. The molecule has 29 heavy (non-hydrogen) atoms. The third-order valence-corrected chi connectivity index (χ3v) is 5.64. The summed E-state index contributed by atoms with van der Waals surface area (Å²) in [6, 6.07) is 15.3. The summed E-state index contributed by atoms with van der Waals surface area (Å²) in [5.41, 5.74) is 2.72. The number of amides is 1. The van der Waals surface area contributed by atoms with Gasteiger partial charge >= 0.3 is 0 Å². The standard InChI is InChI=1S/C22H24ClN3O3/c1-28-17-8-6-16(7-9-17)21-14-20(18-4-2-3-5-19(18)23)24-26(21)22(27)15-25-10-12-29-13-11-25/h2-9,21H,10-15H2,1H3/t21-/m1/s1. The molecule has 1 amide bonds. The van der Waals surface area contributed by atoms with Crippen LogP contribution in [0.2, 0.25) is 5.02 Å². The third kappa shape index (κ3) is 4.45. The van der Waals surface area contributed by atoms with E-state index in [2.05, 4.69) is 4.90 Å². The molecule has 0 spiro atoms. The summed E-state index contributed by atoms with van der Waals surface area (Å²) in [7, 11) is 1.64. The molecule has 0 saturated carbocycles. The average Bonchev–Trinajstić information content (AvgIpc) is 3.20. The van der Waals surface area contributed by atoms with Crippen molar-refractivity contribution in [3.8, 4) is 5.75 Å².